The molecule has 136 valence electrons. The number of fused-ring (bicyclic) bond motifs is 3. The first kappa shape index (κ1) is 17.0. The lowest BCUT2D eigenvalue weighted by Gasteiger charge is -2.40. The molecule has 2 aliphatic rings. The highest BCUT2D eigenvalue weighted by Crippen LogP contribution is 2.39. The summed E-state index contributed by atoms with van der Waals surface area (Å²) in [5, 5.41) is 1.14. The van der Waals surface area contributed by atoms with Crippen molar-refractivity contribution in [3.05, 3.63) is 16.8 Å². The lowest BCUT2D eigenvalue weighted by molar-refractivity contribution is -0.150. The zero-order valence-corrected chi connectivity index (χ0v) is 15.0. The van der Waals surface area contributed by atoms with E-state index in [-0.39, 0.29) is 6.04 Å². The van der Waals surface area contributed by atoms with Crippen molar-refractivity contribution in [1.82, 2.24) is 14.9 Å². The summed E-state index contributed by atoms with van der Waals surface area (Å²) in [6.07, 6.45) is 2.00. The van der Waals surface area contributed by atoms with Gasteiger partial charge in [0.25, 0.3) is 0 Å². The van der Waals surface area contributed by atoms with Crippen LogP contribution in [0.2, 0.25) is 0 Å². The number of hydrogen-bond donors (Lipinski definition) is 0. The lowest BCUT2D eigenvalue weighted by Crippen LogP contribution is -2.54. The van der Waals surface area contributed by atoms with Gasteiger partial charge in [-0.3, -0.25) is 4.90 Å². The van der Waals surface area contributed by atoms with Crippen LogP contribution in [0.3, 0.4) is 0 Å². The number of piperazine rings is 1. The molecule has 1 atom stereocenters. The summed E-state index contributed by atoms with van der Waals surface area (Å²) in [7, 11) is 0. The van der Waals surface area contributed by atoms with Crippen LogP contribution in [0.1, 0.15) is 30.2 Å². The molecule has 2 aromatic heterocycles. The van der Waals surface area contributed by atoms with E-state index in [0.29, 0.717) is 19.6 Å². The van der Waals surface area contributed by atoms with Crippen molar-refractivity contribution in [3.8, 4) is 0 Å². The van der Waals surface area contributed by atoms with Crippen molar-refractivity contribution in [2.24, 2.45) is 0 Å². The molecule has 1 aliphatic heterocycles. The summed E-state index contributed by atoms with van der Waals surface area (Å²) in [5.74, 6) is 0.905. The number of aromatic nitrogens is 2. The maximum Gasteiger partial charge on any atom is 0.401 e. The monoisotopic (exact) mass is 370 g/mol. The minimum Gasteiger partial charge on any atom is -0.353 e. The van der Waals surface area contributed by atoms with Gasteiger partial charge in [0.1, 0.15) is 17.0 Å². The fraction of sp³-hybridized carbons (Fsp3) is 0.647. The third-order valence-corrected chi connectivity index (χ3v) is 6.38. The topological polar surface area (TPSA) is 32.3 Å². The third-order valence-electron chi connectivity index (χ3n) is 5.18. The molecule has 0 amide bonds. The van der Waals surface area contributed by atoms with Crippen molar-refractivity contribution >= 4 is 27.4 Å². The van der Waals surface area contributed by atoms with Crippen LogP contribution in [-0.2, 0) is 12.8 Å². The number of halogens is 3. The summed E-state index contributed by atoms with van der Waals surface area (Å²) >= 11 is 1.75. The zero-order valence-electron chi connectivity index (χ0n) is 14.1. The SMILES string of the molecule is CC1CN(c2ncnc3sc4c(c23)CCCC4)CCN1CC(F)(F)F. The molecule has 0 N–H and O–H groups in total. The fourth-order valence-corrected chi connectivity index (χ4v) is 5.19. The van der Waals surface area contributed by atoms with Gasteiger partial charge in [0.05, 0.1) is 11.9 Å². The molecule has 0 spiro atoms. The van der Waals surface area contributed by atoms with Crippen molar-refractivity contribution in [3.63, 3.8) is 0 Å². The van der Waals surface area contributed by atoms with E-state index in [0.717, 1.165) is 28.9 Å². The number of thiophene rings is 1. The highest BCUT2D eigenvalue weighted by Gasteiger charge is 2.36. The van der Waals surface area contributed by atoms with Crippen LogP contribution in [0.4, 0.5) is 19.0 Å². The molecule has 0 aromatic carbocycles. The van der Waals surface area contributed by atoms with E-state index >= 15 is 0 Å². The number of rotatable bonds is 2. The van der Waals surface area contributed by atoms with Crippen molar-refractivity contribution in [2.75, 3.05) is 31.1 Å². The van der Waals surface area contributed by atoms with Crippen molar-refractivity contribution in [2.45, 2.75) is 44.8 Å². The molecule has 1 unspecified atom stereocenters. The molecule has 4 rings (SSSR count). The fourth-order valence-electron chi connectivity index (χ4n) is 3.97. The second-order valence-electron chi connectivity index (χ2n) is 6.97. The van der Waals surface area contributed by atoms with Crippen LogP contribution in [-0.4, -0.2) is 53.3 Å². The third kappa shape index (κ3) is 3.33. The standard InChI is InChI=1S/C17H21F3N4S/c1-11-8-23(6-7-24(11)9-17(18,19)20)15-14-12-4-2-3-5-13(12)25-16(14)22-10-21-15/h10-11H,2-9H2,1H3. The van der Waals surface area contributed by atoms with Gasteiger partial charge in [-0.2, -0.15) is 13.2 Å². The number of aryl methyl sites for hydroxylation is 2. The first-order valence-electron chi connectivity index (χ1n) is 8.73. The molecule has 1 saturated heterocycles. The molecule has 4 nitrogen and oxygen atoms in total. The molecule has 3 heterocycles. The predicted octanol–water partition coefficient (Wildman–Crippen LogP) is 3.64. The van der Waals surface area contributed by atoms with Gasteiger partial charge in [0.15, 0.2) is 0 Å². The molecular formula is C17H21F3N4S. The molecule has 0 saturated carbocycles. The molecule has 1 fully saturated rings. The van der Waals surface area contributed by atoms with Gasteiger partial charge in [-0.15, -0.1) is 11.3 Å². The first-order valence-corrected chi connectivity index (χ1v) is 9.55. The van der Waals surface area contributed by atoms with E-state index < -0.39 is 12.7 Å². The maximum absolute atomic E-state index is 12.7. The Labute approximate surface area is 148 Å². The Morgan fingerprint density at radius 1 is 1.20 bits per heavy atom. The minimum atomic E-state index is -4.15. The average molecular weight is 370 g/mol. The first-order chi connectivity index (χ1) is 11.9. The van der Waals surface area contributed by atoms with E-state index in [9.17, 15) is 13.2 Å². The Bertz CT molecular complexity index is 773. The van der Waals surface area contributed by atoms with E-state index in [2.05, 4.69) is 14.9 Å². The Balaban J connectivity index is 1.62. The number of alkyl halides is 3. The van der Waals surface area contributed by atoms with Crippen molar-refractivity contribution in [1.29, 1.82) is 0 Å². The van der Waals surface area contributed by atoms with E-state index in [4.69, 9.17) is 0 Å². The van der Waals surface area contributed by atoms with Gasteiger partial charge in [0, 0.05) is 30.6 Å². The van der Waals surface area contributed by atoms with Gasteiger partial charge in [-0.05, 0) is 38.2 Å². The van der Waals surface area contributed by atoms with E-state index in [1.807, 2.05) is 6.92 Å². The van der Waals surface area contributed by atoms with Gasteiger partial charge >= 0.3 is 6.18 Å². The van der Waals surface area contributed by atoms with Gasteiger partial charge in [-0.1, -0.05) is 0 Å². The molecule has 2 aromatic rings. The smallest absolute Gasteiger partial charge is 0.353 e. The number of anilines is 1. The molecule has 25 heavy (non-hydrogen) atoms. The lowest BCUT2D eigenvalue weighted by atomic mass is 9.97. The quantitative estimate of drug-likeness (QED) is 0.808. The summed E-state index contributed by atoms with van der Waals surface area (Å²) in [4.78, 5) is 15.1. The largest absolute Gasteiger partial charge is 0.401 e. The average Bonchev–Trinajstić information content (AvgIpc) is 2.94. The Morgan fingerprint density at radius 3 is 2.76 bits per heavy atom. The van der Waals surface area contributed by atoms with Crippen LogP contribution in [0.15, 0.2) is 6.33 Å². The summed E-state index contributed by atoms with van der Waals surface area (Å²) in [6.45, 7) is 2.55. The molecule has 1 aliphatic carbocycles. The van der Waals surface area contributed by atoms with Gasteiger partial charge in [-0.25, -0.2) is 9.97 Å². The van der Waals surface area contributed by atoms with Crippen LogP contribution in [0.5, 0.6) is 0 Å². The Morgan fingerprint density at radius 2 is 2.00 bits per heavy atom. The molecule has 0 radical (unpaired) electrons. The van der Waals surface area contributed by atoms with Crippen LogP contribution in [0, 0.1) is 0 Å². The van der Waals surface area contributed by atoms with Gasteiger partial charge in [0.2, 0.25) is 0 Å². The van der Waals surface area contributed by atoms with E-state index in [1.165, 1.54) is 28.2 Å². The molecule has 8 heteroatoms. The molecule has 0 bridgehead atoms. The highest BCUT2D eigenvalue weighted by molar-refractivity contribution is 7.19. The van der Waals surface area contributed by atoms with Crippen LogP contribution >= 0.6 is 11.3 Å². The summed E-state index contributed by atoms with van der Waals surface area (Å²) in [6, 6.07) is -0.158. The zero-order chi connectivity index (χ0) is 17.6. The Kier molecular flexibility index (Phi) is 4.35. The van der Waals surface area contributed by atoms with E-state index in [1.54, 1.807) is 17.7 Å². The summed E-state index contributed by atoms with van der Waals surface area (Å²) < 4.78 is 38.1. The predicted molar refractivity (Wildman–Crippen MR) is 93.4 cm³/mol. The Hall–Kier alpha value is -1.41. The maximum atomic E-state index is 12.7. The summed E-state index contributed by atoms with van der Waals surface area (Å²) in [5.41, 5.74) is 1.37. The normalized spacial score (nSPS) is 22.4. The second kappa shape index (κ2) is 6.39. The van der Waals surface area contributed by atoms with Gasteiger partial charge < -0.3 is 4.90 Å². The number of nitrogens with zero attached hydrogens (tertiary/aromatic N) is 4. The number of hydrogen-bond acceptors (Lipinski definition) is 5. The molecular weight excluding hydrogens is 349 g/mol. The second-order valence-corrected chi connectivity index (χ2v) is 8.05. The van der Waals surface area contributed by atoms with Crippen LogP contribution < -0.4 is 4.90 Å². The minimum absolute atomic E-state index is 0.158. The van der Waals surface area contributed by atoms with Crippen molar-refractivity contribution < 1.29 is 13.2 Å². The van der Waals surface area contributed by atoms with Crippen LogP contribution in [0.25, 0.3) is 10.2 Å². The highest BCUT2D eigenvalue weighted by atomic mass is 32.1.